The van der Waals surface area contributed by atoms with Crippen LogP contribution in [0.5, 0.6) is 5.88 Å². The third kappa shape index (κ3) is 3.73. The summed E-state index contributed by atoms with van der Waals surface area (Å²) >= 11 is 0. The molecule has 3 aromatic heterocycles. The van der Waals surface area contributed by atoms with Gasteiger partial charge >= 0.3 is 0 Å². The van der Waals surface area contributed by atoms with Gasteiger partial charge in [0, 0.05) is 25.0 Å². The molecule has 1 amide bonds. The van der Waals surface area contributed by atoms with Gasteiger partial charge < -0.3 is 15.0 Å². The van der Waals surface area contributed by atoms with Crippen LogP contribution in [-0.2, 0) is 0 Å². The highest BCUT2D eigenvalue weighted by atomic mass is 19.1. The summed E-state index contributed by atoms with van der Waals surface area (Å²) in [6.07, 6.45) is 6.73. The summed E-state index contributed by atoms with van der Waals surface area (Å²) in [5, 5.41) is 7.14. The standard InChI is InChI=1S/C23H21FN6O2/c1-32-21-8-7-16(13-25-21)23(31)27-18-14-26-30-11-9-20(28-22(18)30)29-10-3-6-19(29)15-4-2-5-17(24)12-15/h2,4-5,7-9,11-14,19H,3,6,10H2,1H3,(H,27,31). The molecule has 0 saturated carbocycles. The number of nitrogens with zero attached hydrogens (tertiary/aromatic N) is 5. The van der Waals surface area contributed by atoms with E-state index in [1.807, 2.05) is 18.3 Å². The van der Waals surface area contributed by atoms with E-state index in [4.69, 9.17) is 9.72 Å². The van der Waals surface area contributed by atoms with Crippen LogP contribution in [0.3, 0.4) is 0 Å². The van der Waals surface area contributed by atoms with Crippen LogP contribution in [0, 0.1) is 5.82 Å². The summed E-state index contributed by atoms with van der Waals surface area (Å²) in [5.41, 5.74) is 2.35. The summed E-state index contributed by atoms with van der Waals surface area (Å²) in [7, 11) is 1.52. The van der Waals surface area contributed by atoms with Gasteiger partial charge in [-0.2, -0.15) is 5.10 Å². The number of fused-ring (bicyclic) bond motifs is 1. The van der Waals surface area contributed by atoms with Gasteiger partial charge in [-0.15, -0.1) is 0 Å². The van der Waals surface area contributed by atoms with Gasteiger partial charge in [-0.3, -0.25) is 4.79 Å². The van der Waals surface area contributed by atoms with E-state index < -0.39 is 0 Å². The van der Waals surface area contributed by atoms with E-state index in [2.05, 4.69) is 20.3 Å². The number of methoxy groups -OCH3 is 1. The zero-order valence-corrected chi connectivity index (χ0v) is 17.4. The molecule has 1 N–H and O–H groups in total. The molecule has 1 aliphatic rings. The Bertz CT molecular complexity index is 1270. The van der Waals surface area contributed by atoms with E-state index >= 15 is 0 Å². The first-order chi connectivity index (χ1) is 15.6. The Morgan fingerprint density at radius 2 is 2.12 bits per heavy atom. The Hall–Kier alpha value is -4.01. The fourth-order valence-electron chi connectivity index (χ4n) is 4.04. The summed E-state index contributed by atoms with van der Waals surface area (Å²) in [5.74, 6) is 0.626. The van der Waals surface area contributed by atoms with Crippen molar-refractivity contribution in [3.8, 4) is 5.88 Å². The molecule has 9 heteroatoms. The molecule has 162 valence electrons. The van der Waals surface area contributed by atoms with Gasteiger partial charge in [0.05, 0.1) is 24.9 Å². The fraction of sp³-hybridized carbons (Fsp3) is 0.217. The van der Waals surface area contributed by atoms with Crippen molar-refractivity contribution in [2.24, 2.45) is 0 Å². The highest BCUT2D eigenvalue weighted by Gasteiger charge is 2.28. The highest BCUT2D eigenvalue weighted by Crippen LogP contribution is 2.35. The van der Waals surface area contributed by atoms with E-state index in [9.17, 15) is 9.18 Å². The number of nitrogens with one attached hydrogen (secondary N) is 1. The van der Waals surface area contributed by atoms with Crippen LogP contribution < -0.4 is 15.0 Å². The summed E-state index contributed by atoms with van der Waals surface area (Å²) < 4.78 is 20.4. The molecule has 1 unspecified atom stereocenters. The molecule has 1 saturated heterocycles. The van der Waals surface area contributed by atoms with Crippen molar-refractivity contribution in [3.05, 3.63) is 78.0 Å². The van der Waals surface area contributed by atoms with Crippen molar-refractivity contribution >= 4 is 23.1 Å². The number of halogens is 1. The summed E-state index contributed by atoms with van der Waals surface area (Å²) in [6, 6.07) is 11.9. The number of ether oxygens (including phenoxy) is 1. The smallest absolute Gasteiger partial charge is 0.257 e. The second-order valence-electron chi connectivity index (χ2n) is 7.56. The minimum absolute atomic E-state index is 0.0481. The van der Waals surface area contributed by atoms with E-state index in [1.54, 1.807) is 35.0 Å². The van der Waals surface area contributed by atoms with E-state index in [1.165, 1.54) is 19.4 Å². The summed E-state index contributed by atoms with van der Waals surface area (Å²) in [6.45, 7) is 0.817. The van der Waals surface area contributed by atoms with Gasteiger partial charge in [-0.25, -0.2) is 18.9 Å². The maximum absolute atomic E-state index is 13.8. The van der Waals surface area contributed by atoms with Crippen molar-refractivity contribution < 1.29 is 13.9 Å². The van der Waals surface area contributed by atoms with Crippen LogP contribution in [0.1, 0.15) is 34.8 Å². The number of carbonyl (C=O) groups is 1. The number of aromatic nitrogens is 4. The Labute approximate surface area is 183 Å². The van der Waals surface area contributed by atoms with Crippen LogP contribution in [0.15, 0.2) is 61.1 Å². The first-order valence-electron chi connectivity index (χ1n) is 10.3. The number of carbonyl (C=O) groups excluding carboxylic acids is 1. The van der Waals surface area contributed by atoms with Crippen molar-refractivity contribution in [2.45, 2.75) is 18.9 Å². The molecule has 5 rings (SSSR count). The van der Waals surface area contributed by atoms with Crippen molar-refractivity contribution in [1.29, 1.82) is 0 Å². The van der Waals surface area contributed by atoms with Gasteiger partial charge in [0.25, 0.3) is 5.91 Å². The van der Waals surface area contributed by atoms with Gasteiger partial charge in [-0.1, -0.05) is 12.1 Å². The maximum atomic E-state index is 13.8. The Balaban J connectivity index is 1.42. The van der Waals surface area contributed by atoms with Gasteiger partial charge in [0.15, 0.2) is 5.65 Å². The van der Waals surface area contributed by atoms with Gasteiger partial charge in [0.2, 0.25) is 5.88 Å². The van der Waals surface area contributed by atoms with Crippen LogP contribution in [0.4, 0.5) is 15.9 Å². The van der Waals surface area contributed by atoms with Gasteiger partial charge in [-0.05, 0) is 42.7 Å². The number of pyridine rings is 1. The molecule has 0 aliphatic carbocycles. The van der Waals surface area contributed by atoms with Crippen molar-refractivity contribution in [1.82, 2.24) is 19.6 Å². The molecule has 0 radical (unpaired) electrons. The first kappa shape index (κ1) is 19.9. The molecule has 1 aromatic carbocycles. The SMILES string of the molecule is COc1ccc(C(=O)Nc2cnn3ccc(N4CCCC4c4cccc(F)c4)nc23)cn1. The molecule has 0 spiro atoms. The fourth-order valence-corrected chi connectivity index (χ4v) is 4.04. The van der Waals surface area contributed by atoms with Crippen LogP contribution in [0.25, 0.3) is 5.65 Å². The zero-order valence-electron chi connectivity index (χ0n) is 17.4. The van der Waals surface area contributed by atoms with E-state index in [0.29, 0.717) is 22.8 Å². The number of anilines is 2. The second kappa shape index (κ2) is 8.26. The first-order valence-corrected chi connectivity index (χ1v) is 10.3. The lowest BCUT2D eigenvalue weighted by Crippen LogP contribution is -2.24. The monoisotopic (exact) mass is 432 g/mol. The molecule has 0 bridgehead atoms. The number of amides is 1. The molecule has 4 aromatic rings. The molecular weight excluding hydrogens is 411 g/mol. The van der Waals surface area contributed by atoms with Gasteiger partial charge in [0.1, 0.15) is 17.3 Å². The largest absolute Gasteiger partial charge is 0.481 e. The van der Waals surface area contributed by atoms with Crippen LogP contribution >= 0.6 is 0 Å². The average molecular weight is 432 g/mol. The molecule has 4 heterocycles. The predicted molar refractivity (Wildman–Crippen MR) is 117 cm³/mol. The molecule has 8 nitrogen and oxygen atoms in total. The number of benzene rings is 1. The van der Waals surface area contributed by atoms with E-state index in [-0.39, 0.29) is 17.8 Å². The molecule has 32 heavy (non-hydrogen) atoms. The number of rotatable bonds is 5. The Morgan fingerprint density at radius 3 is 2.91 bits per heavy atom. The zero-order chi connectivity index (χ0) is 22.1. The lowest BCUT2D eigenvalue weighted by atomic mass is 10.0. The number of hydrogen-bond donors (Lipinski definition) is 1. The minimum Gasteiger partial charge on any atom is -0.481 e. The average Bonchev–Trinajstić information content (AvgIpc) is 3.46. The highest BCUT2D eigenvalue weighted by molar-refractivity contribution is 6.05. The molecule has 1 fully saturated rings. The quantitative estimate of drug-likeness (QED) is 0.516. The Morgan fingerprint density at radius 1 is 1.22 bits per heavy atom. The normalized spacial score (nSPS) is 15.8. The predicted octanol–water partition coefficient (Wildman–Crippen LogP) is 3.87. The maximum Gasteiger partial charge on any atom is 0.257 e. The lowest BCUT2D eigenvalue weighted by Gasteiger charge is -2.26. The second-order valence-corrected chi connectivity index (χ2v) is 7.56. The molecular formula is C23H21FN6O2. The van der Waals surface area contributed by atoms with E-state index in [0.717, 1.165) is 30.8 Å². The van der Waals surface area contributed by atoms with Crippen LogP contribution in [-0.4, -0.2) is 39.1 Å². The molecule has 1 aliphatic heterocycles. The molecule has 1 atom stereocenters. The Kier molecular flexibility index (Phi) is 5.14. The van der Waals surface area contributed by atoms with Crippen molar-refractivity contribution in [2.75, 3.05) is 23.9 Å². The lowest BCUT2D eigenvalue weighted by molar-refractivity contribution is 0.102. The minimum atomic E-state index is -0.318. The topological polar surface area (TPSA) is 84.6 Å². The summed E-state index contributed by atoms with van der Waals surface area (Å²) in [4.78, 5) is 23.7. The number of hydrogen-bond acceptors (Lipinski definition) is 6. The third-order valence-electron chi connectivity index (χ3n) is 5.59. The van der Waals surface area contributed by atoms with Crippen LogP contribution in [0.2, 0.25) is 0 Å². The van der Waals surface area contributed by atoms with Crippen molar-refractivity contribution in [3.63, 3.8) is 0 Å². The third-order valence-corrected chi connectivity index (χ3v) is 5.59.